The van der Waals surface area contributed by atoms with Crippen molar-refractivity contribution in [2.24, 2.45) is 0 Å². The summed E-state index contributed by atoms with van der Waals surface area (Å²) in [6.07, 6.45) is 2.98. The van der Waals surface area contributed by atoms with E-state index in [0.717, 1.165) is 17.7 Å². The molecule has 1 aromatic rings. The highest BCUT2D eigenvalue weighted by Crippen LogP contribution is 2.07. The Hall–Kier alpha value is -1.69. The molecular formula is C15H22N2O3S. The summed E-state index contributed by atoms with van der Waals surface area (Å²) in [6, 6.07) is 6.57. The number of hydrogen-bond acceptors (Lipinski definition) is 3. The number of urea groups is 1. The zero-order valence-corrected chi connectivity index (χ0v) is 13.4. The van der Waals surface area contributed by atoms with Gasteiger partial charge in [-0.25, -0.2) is 9.59 Å². The maximum absolute atomic E-state index is 12.0. The molecule has 0 aliphatic rings. The van der Waals surface area contributed by atoms with Crippen LogP contribution in [0.1, 0.15) is 29.3 Å². The summed E-state index contributed by atoms with van der Waals surface area (Å²) in [4.78, 5) is 24.4. The standard InChI is InChI=1S/C15H22N2O3S/c1-11(8-9-21-3)16-15(20)17(2)10-12-4-6-13(7-5-12)14(18)19/h4-7,11H,8-10H2,1-3H3,(H,16,20)(H,18,19). The molecule has 21 heavy (non-hydrogen) atoms. The van der Waals surface area contributed by atoms with E-state index in [9.17, 15) is 9.59 Å². The Morgan fingerprint density at radius 2 is 1.95 bits per heavy atom. The van der Waals surface area contributed by atoms with Crippen LogP contribution < -0.4 is 5.32 Å². The number of carboxylic acids is 1. The summed E-state index contributed by atoms with van der Waals surface area (Å²) in [6.45, 7) is 2.44. The molecule has 0 fully saturated rings. The molecule has 1 atom stereocenters. The molecule has 1 aromatic carbocycles. The Bertz CT molecular complexity index is 476. The second-order valence-electron chi connectivity index (χ2n) is 4.99. The summed E-state index contributed by atoms with van der Waals surface area (Å²) in [5, 5.41) is 11.8. The number of carbonyl (C=O) groups excluding carboxylic acids is 1. The van der Waals surface area contributed by atoms with Gasteiger partial charge in [-0.1, -0.05) is 12.1 Å². The summed E-state index contributed by atoms with van der Waals surface area (Å²) in [7, 11) is 1.72. The van der Waals surface area contributed by atoms with Gasteiger partial charge in [-0.15, -0.1) is 0 Å². The van der Waals surface area contributed by atoms with Gasteiger partial charge in [0.1, 0.15) is 0 Å². The summed E-state index contributed by atoms with van der Waals surface area (Å²) in [5.74, 6) is 0.0669. The lowest BCUT2D eigenvalue weighted by molar-refractivity contribution is 0.0697. The number of thioether (sulfide) groups is 1. The third-order valence-electron chi connectivity index (χ3n) is 3.09. The quantitative estimate of drug-likeness (QED) is 0.812. The predicted octanol–water partition coefficient (Wildman–Crippen LogP) is 2.67. The average Bonchev–Trinajstić information content (AvgIpc) is 2.45. The molecule has 116 valence electrons. The third-order valence-corrected chi connectivity index (χ3v) is 3.74. The van der Waals surface area contributed by atoms with Gasteiger partial charge in [-0.05, 0) is 43.0 Å². The number of hydrogen-bond donors (Lipinski definition) is 2. The van der Waals surface area contributed by atoms with Crippen LogP contribution >= 0.6 is 11.8 Å². The topological polar surface area (TPSA) is 69.6 Å². The van der Waals surface area contributed by atoms with E-state index in [1.807, 2.05) is 13.2 Å². The number of amides is 2. The van der Waals surface area contributed by atoms with E-state index >= 15 is 0 Å². The monoisotopic (exact) mass is 310 g/mol. The maximum atomic E-state index is 12.0. The van der Waals surface area contributed by atoms with E-state index in [1.165, 1.54) is 0 Å². The fraction of sp³-hybridized carbons (Fsp3) is 0.467. The summed E-state index contributed by atoms with van der Waals surface area (Å²) in [5.41, 5.74) is 1.14. The molecule has 1 rings (SSSR count). The fourth-order valence-electron chi connectivity index (χ4n) is 1.79. The Labute approximate surface area is 129 Å². The van der Waals surface area contributed by atoms with Crippen molar-refractivity contribution >= 4 is 23.8 Å². The Balaban J connectivity index is 2.49. The Morgan fingerprint density at radius 1 is 1.33 bits per heavy atom. The van der Waals surface area contributed by atoms with Crippen molar-refractivity contribution in [1.82, 2.24) is 10.2 Å². The minimum atomic E-state index is -0.949. The van der Waals surface area contributed by atoms with Gasteiger partial charge in [0.15, 0.2) is 0 Å². The van der Waals surface area contributed by atoms with E-state index in [0.29, 0.717) is 6.54 Å². The van der Waals surface area contributed by atoms with Gasteiger partial charge < -0.3 is 15.3 Å². The first-order chi connectivity index (χ1) is 9.93. The number of carbonyl (C=O) groups is 2. The number of benzene rings is 1. The second kappa shape index (κ2) is 8.56. The minimum absolute atomic E-state index is 0.120. The first-order valence-electron chi connectivity index (χ1n) is 6.77. The number of carboxylic acid groups (broad SMARTS) is 1. The van der Waals surface area contributed by atoms with Crippen LogP contribution in [0.15, 0.2) is 24.3 Å². The first-order valence-corrected chi connectivity index (χ1v) is 8.16. The van der Waals surface area contributed by atoms with Crippen LogP contribution in [0, 0.1) is 0 Å². The molecule has 6 heteroatoms. The lowest BCUT2D eigenvalue weighted by Gasteiger charge is -2.21. The van der Waals surface area contributed by atoms with E-state index < -0.39 is 5.97 Å². The SMILES string of the molecule is CSCCC(C)NC(=O)N(C)Cc1ccc(C(=O)O)cc1. The Morgan fingerprint density at radius 3 is 2.48 bits per heavy atom. The minimum Gasteiger partial charge on any atom is -0.478 e. The van der Waals surface area contributed by atoms with Crippen molar-refractivity contribution < 1.29 is 14.7 Å². The highest BCUT2D eigenvalue weighted by Gasteiger charge is 2.12. The van der Waals surface area contributed by atoms with Gasteiger partial charge in [0.25, 0.3) is 0 Å². The smallest absolute Gasteiger partial charge is 0.335 e. The van der Waals surface area contributed by atoms with Gasteiger partial charge in [0.05, 0.1) is 5.56 Å². The lowest BCUT2D eigenvalue weighted by atomic mass is 10.1. The van der Waals surface area contributed by atoms with Crippen LogP contribution in [0.25, 0.3) is 0 Å². The van der Waals surface area contributed by atoms with E-state index in [1.54, 1.807) is 48.0 Å². The molecule has 1 unspecified atom stereocenters. The Kier molecular flexibility index (Phi) is 7.08. The largest absolute Gasteiger partial charge is 0.478 e. The molecule has 0 bridgehead atoms. The highest BCUT2D eigenvalue weighted by atomic mass is 32.2. The first kappa shape index (κ1) is 17.4. The third kappa shape index (κ3) is 6.08. The molecule has 0 saturated carbocycles. The van der Waals surface area contributed by atoms with Gasteiger partial charge in [-0.2, -0.15) is 11.8 Å². The van der Waals surface area contributed by atoms with Crippen LogP contribution in [0.2, 0.25) is 0 Å². The van der Waals surface area contributed by atoms with Crippen LogP contribution in [-0.2, 0) is 6.54 Å². The molecule has 0 radical (unpaired) electrons. The van der Waals surface area contributed by atoms with Crippen molar-refractivity contribution in [3.8, 4) is 0 Å². The molecule has 0 saturated heterocycles. The van der Waals surface area contributed by atoms with E-state index in [4.69, 9.17) is 5.11 Å². The van der Waals surface area contributed by atoms with E-state index in [2.05, 4.69) is 5.32 Å². The van der Waals surface area contributed by atoms with Gasteiger partial charge in [0, 0.05) is 19.6 Å². The maximum Gasteiger partial charge on any atom is 0.335 e. The molecule has 0 aliphatic carbocycles. The molecule has 0 aliphatic heterocycles. The number of nitrogens with one attached hydrogen (secondary N) is 1. The molecule has 0 heterocycles. The van der Waals surface area contributed by atoms with Crippen molar-refractivity contribution in [2.45, 2.75) is 25.9 Å². The average molecular weight is 310 g/mol. The molecule has 2 amide bonds. The summed E-state index contributed by atoms with van der Waals surface area (Å²) < 4.78 is 0. The summed E-state index contributed by atoms with van der Waals surface area (Å²) >= 11 is 1.76. The van der Waals surface area contributed by atoms with Gasteiger partial charge >= 0.3 is 12.0 Å². The van der Waals surface area contributed by atoms with Gasteiger partial charge in [-0.3, -0.25) is 0 Å². The second-order valence-corrected chi connectivity index (χ2v) is 5.98. The number of nitrogens with zero attached hydrogens (tertiary/aromatic N) is 1. The zero-order valence-electron chi connectivity index (χ0n) is 12.6. The van der Waals surface area contributed by atoms with Crippen LogP contribution in [0.3, 0.4) is 0 Å². The number of aromatic carboxylic acids is 1. The predicted molar refractivity (Wildman–Crippen MR) is 85.9 cm³/mol. The zero-order chi connectivity index (χ0) is 15.8. The molecule has 5 nitrogen and oxygen atoms in total. The van der Waals surface area contributed by atoms with Crippen LogP contribution in [0.4, 0.5) is 4.79 Å². The molecule has 2 N–H and O–H groups in total. The van der Waals surface area contributed by atoms with Crippen molar-refractivity contribution in [1.29, 1.82) is 0 Å². The lowest BCUT2D eigenvalue weighted by Crippen LogP contribution is -2.41. The van der Waals surface area contributed by atoms with Gasteiger partial charge in [0.2, 0.25) is 0 Å². The van der Waals surface area contributed by atoms with Crippen molar-refractivity contribution in [3.05, 3.63) is 35.4 Å². The van der Waals surface area contributed by atoms with Crippen molar-refractivity contribution in [2.75, 3.05) is 19.1 Å². The van der Waals surface area contributed by atoms with Crippen LogP contribution in [0.5, 0.6) is 0 Å². The molecular weight excluding hydrogens is 288 g/mol. The fourth-order valence-corrected chi connectivity index (χ4v) is 2.38. The number of rotatable bonds is 7. The molecule has 0 aromatic heterocycles. The highest BCUT2D eigenvalue weighted by molar-refractivity contribution is 7.98. The van der Waals surface area contributed by atoms with E-state index in [-0.39, 0.29) is 17.6 Å². The van der Waals surface area contributed by atoms with Crippen LogP contribution in [-0.4, -0.2) is 47.1 Å². The van der Waals surface area contributed by atoms with Crippen molar-refractivity contribution in [3.63, 3.8) is 0 Å². The molecule has 0 spiro atoms. The normalized spacial score (nSPS) is 11.8.